The molecule has 1 aromatic rings. The van der Waals surface area contributed by atoms with E-state index in [0.29, 0.717) is 6.04 Å². The van der Waals surface area contributed by atoms with Gasteiger partial charge in [0.15, 0.2) is 0 Å². The highest BCUT2D eigenvalue weighted by Gasteiger charge is 2.26. The number of rotatable bonds is 5. The van der Waals surface area contributed by atoms with Crippen LogP contribution in [-0.2, 0) is 17.6 Å². The molecule has 1 heterocycles. The molecule has 2 aliphatic rings. The molecule has 0 spiro atoms. The van der Waals surface area contributed by atoms with Gasteiger partial charge < -0.3 is 14.7 Å². The number of aliphatic hydroxyl groups excluding tert-OH is 1. The quantitative estimate of drug-likeness (QED) is 0.894. The van der Waals surface area contributed by atoms with Crippen molar-refractivity contribution in [3.63, 3.8) is 0 Å². The molecule has 1 saturated heterocycles. The van der Waals surface area contributed by atoms with Gasteiger partial charge in [0, 0.05) is 32.2 Å². The first-order valence-electron chi connectivity index (χ1n) is 9.34. The van der Waals surface area contributed by atoms with Gasteiger partial charge in [0.25, 0.3) is 0 Å². The summed E-state index contributed by atoms with van der Waals surface area (Å²) in [6, 6.07) is 9.31. The molecule has 4 heteroatoms. The number of benzene rings is 1. The van der Waals surface area contributed by atoms with Gasteiger partial charge in [0.2, 0.25) is 0 Å². The van der Waals surface area contributed by atoms with E-state index in [2.05, 4.69) is 55.0 Å². The zero-order chi connectivity index (χ0) is 17.1. The molecule has 0 bridgehead atoms. The van der Waals surface area contributed by atoms with Gasteiger partial charge in [-0.25, -0.2) is 0 Å². The summed E-state index contributed by atoms with van der Waals surface area (Å²) in [5.74, 6) is 0. The summed E-state index contributed by atoms with van der Waals surface area (Å²) < 4.78 is 5.77. The van der Waals surface area contributed by atoms with Crippen LogP contribution in [0.2, 0.25) is 0 Å². The number of hydrogen-bond acceptors (Lipinski definition) is 4. The van der Waals surface area contributed by atoms with Crippen LogP contribution in [0.4, 0.5) is 0 Å². The number of β-amino-alcohol motifs (C(OH)–C–C–N with tert-alkyl or cyclic N) is 1. The van der Waals surface area contributed by atoms with Crippen LogP contribution in [0.15, 0.2) is 24.3 Å². The Kier molecular flexibility index (Phi) is 5.93. The molecule has 1 aliphatic heterocycles. The number of hydrogen-bond donors (Lipinski definition) is 1. The molecule has 0 amide bonds. The van der Waals surface area contributed by atoms with Crippen LogP contribution in [0.25, 0.3) is 0 Å². The highest BCUT2D eigenvalue weighted by molar-refractivity contribution is 5.30. The van der Waals surface area contributed by atoms with E-state index in [0.717, 1.165) is 39.0 Å². The second kappa shape index (κ2) is 7.96. The molecule has 134 valence electrons. The van der Waals surface area contributed by atoms with Crippen molar-refractivity contribution >= 4 is 0 Å². The lowest BCUT2D eigenvalue weighted by atomic mass is 9.87. The first-order chi connectivity index (χ1) is 11.5. The van der Waals surface area contributed by atoms with E-state index in [1.165, 1.54) is 17.5 Å². The molecule has 0 radical (unpaired) electrons. The van der Waals surface area contributed by atoms with Crippen LogP contribution in [-0.4, -0.2) is 72.5 Å². The third-order valence-electron chi connectivity index (χ3n) is 5.41. The number of ether oxygens (including phenoxy) is 1. The highest BCUT2D eigenvalue weighted by Crippen LogP contribution is 2.24. The molecular weight excluding hydrogens is 300 g/mol. The van der Waals surface area contributed by atoms with E-state index >= 15 is 0 Å². The number of morpholine rings is 1. The van der Waals surface area contributed by atoms with E-state index in [9.17, 15) is 5.11 Å². The zero-order valence-corrected chi connectivity index (χ0v) is 15.3. The van der Waals surface area contributed by atoms with E-state index in [1.54, 1.807) is 0 Å². The molecule has 3 rings (SSSR count). The number of likely N-dealkylation sites (N-methyl/N-ethyl adjacent to an activating group) is 1. The lowest BCUT2D eigenvalue weighted by Crippen LogP contribution is -2.50. The van der Waals surface area contributed by atoms with Crippen molar-refractivity contribution in [1.29, 1.82) is 0 Å². The fourth-order valence-corrected chi connectivity index (χ4v) is 4.33. The van der Waals surface area contributed by atoms with Crippen molar-refractivity contribution in [3.05, 3.63) is 35.4 Å². The summed E-state index contributed by atoms with van der Waals surface area (Å²) in [6.07, 6.45) is 3.66. The summed E-state index contributed by atoms with van der Waals surface area (Å²) in [7, 11) is 2.16. The Labute approximate surface area is 146 Å². The summed E-state index contributed by atoms with van der Waals surface area (Å²) in [5.41, 5.74) is 2.98. The molecule has 4 atom stereocenters. The van der Waals surface area contributed by atoms with Crippen molar-refractivity contribution in [2.45, 2.75) is 57.5 Å². The average Bonchev–Trinajstić information content (AvgIpc) is 2.53. The van der Waals surface area contributed by atoms with Gasteiger partial charge in [-0.15, -0.1) is 0 Å². The second-order valence-electron chi connectivity index (χ2n) is 7.73. The Hall–Kier alpha value is -0.940. The fraction of sp³-hybridized carbons (Fsp3) is 0.700. The van der Waals surface area contributed by atoms with Gasteiger partial charge in [-0.1, -0.05) is 24.3 Å². The number of aryl methyl sites for hydroxylation is 1. The topological polar surface area (TPSA) is 35.9 Å². The summed E-state index contributed by atoms with van der Waals surface area (Å²) in [5, 5.41) is 10.5. The highest BCUT2D eigenvalue weighted by atomic mass is 16.5. The van der Waals surface area contributed by atoms with Gasteiger partial charge in [0.05, 0.1) is 18.3 Å². The normalized spacial score (nSPS) is 29.5. The molecule has 0 saturated carbocycles. The number of aliphatic hydroxyl groups is 1. The molecule has 1 fully saturated rings. The number of nitrogens with zero attached hydrogens (tertiary/aromatic N) is 2. The van der Waals surface area contributed by atoms with Gasteiger partial charge >= 0.3 is 0 Å². The lowest BCUT2D eigenvalue weighted by molar-refractivity contribution is -0.0782. The van der Waals surface area contributed by atoms with E-state index < -0.39 is 0 Å². The maximum Gasteiger partial charge on any atom is 0.0793 e. The minimum absolute atomic E-state index is 0.258. The van der Waals surface area contributed by atoms with Crippen LogP contribution >= 0.6 is 0 Å². The average molecular weight is 332 g/mol. The molecule has 1 aliphatic carbocycles. The van der Waals surface area contributed by atoms with Crippen molar-refractivity contribution < 1.29 is 9.84 Å². The molecule has 24 heavy (non-hydrogen) atoms. The van der Waals surface area contributed by atoms with Crippen molar-refractivity contribution in [1.82, 2.24) is 9.80 Å². The molecule has 4 unspecified atom stereocenters. The van der Waals surface area contributed by atoms with Crippen molar-refractivity contribution in [3.8, 4) is 0 Å². The minimum Gasteiger partial charge on any atom is -0.390 e. The first-order valence-corrected chi connectivity index (χ1v) is 9.34. The fourth-order valence-electron chi connectivity index (χ4n) is 4.33. The van der Waals surface area contributed by atoms with Gasteiger partial charge in [0.1, 0.15) is 0 Å². The first kappa shape index (κ1) is 17.9. The van der Waals surface area contributed by atoms with Gasteiger partial charge in [-0.2, -0.15) is 0 Å². The van der Waals surface area contributed by atoms with Crippen molar-refractivity contribution in [2.24, 2.45) is 0 Å². The van der Waals surface area contributed by atoms with Crippen LogP contribution in [0.1, 0.15) is 31.4 Å². The van der Waals surface area contributed by atoms with Crippen molar-refractivity contribution in [2.75, 3.05) is 33.2 Å². The minimum atomic E-state index is -0.301. The zero-order valence-electron chi connectivity index (χ0n) is 15.3. The predicted molar refractivity (Wildman–Crippen MR) is 97.3 cm³/mol. The lowest BCUT2D eigenvalue weighted by Gasteiger charge is -2.38. The van der Waals surface area contributed by atoms with Crippen LogP contribution in [0.3, 0.4) is 0 Å². The maximum atomic E-state index is 10.5. The predicted octanol–water partition coefficient (Wildman–Crippen LogP) is 1.95. The molecule has 1 N–H and O–H groups in total. The Bertz CT molecular complexity index is 526. The van der Waals surface area contributed by atoms with E-state index in [4.69, 9.17) is 4.74 Å². The standard InChI is InChI=1S/C20H32N2O2/c1-15-11-22(12-16(2)24-15)14-20(23)13-21(3)19-9-8-17-6-4-5-7-18(17)10-19/h4-7,15-16,19-20,23H,8-14H2,1-3H3. The smallest absolute Gasteiger partial charge is 0.0793 e. The third-order valence-corrected chi connectivity index (χ3v) is 5.41. The Morgan fingerprint density at radius 1 is 1.21 bits per heavy atom. The second-order valence-corrected chi connectivity index (χ2v) is 7.73. The summed E-state index contributed by atoms with van der Waals surface area (Å²) in [4.78, 5) is 4.70. The SMILES string of the molecule is CC1CN(CC(O)CN(C)C2CCc3ccccc3C2)CC(C)O1. The Morgan fingerprint density at radius 3 is 2.58 bits per heavy atom. The largest absolute Gasteiger partial charge is 0.390 e. The summed E-state index contributed by atoms with van der Waals surface area (Å²) in [6.45, 7) is 7.55. The van der Waals surface area contributed by atoms with E-state index in [-0.39, 0.29) is 18.3 Å². The third kappa shape index (κ3) is 4.57. The van der Waals surface area contributed by atoms with Gasteiger partial charge in [-0.05, 0) is 51.3 Å². The van der Waals surface area contributed by atoms with E-state index in [1.807, 2.05) is 0 Å². The Morgan fingerprint density at radius 2 is 1.88 bits per heavy atom. The maximum absolute atomic E-state index is 10.5. The Balaban J connectivity index is 1.49. The van der Waals surface area contributed by atoms with Gasteiger partial charge in [-0.3, -0.25) is 4.90 Å². The van der Waals surface area contributed by atoms with Crippen LogP contribution in [0, 0.1) is 0 Å². The summed E-state index contributed by atoms with van der Waals surface area (Å²) >= 11 is 0. The molecule has 0 aromatic heterocycles. The molecule has 1 aromatic carbocycles. The molecular formula is C20H32N2O2. The van der Waals surface area contributed by atoms with Crippen LogP contribution < -0.4 is 0 Å². The van der Waals surface area contributed by atoms with Crippen LogP contribution in [0.5, 0.6) is 0 Å². The monoisotopic (exact) mass is 332 g/mol. The number of fused-ring (bicyclic) bond motifs is 1. The molecule has 4 nitrogen and oxygen atoms in total.